The van der Waals surface area contributed by atoms with Crippen molar-refractivity contribution in [2.75, 3.05) is 0 Å². The Morgan fingerprint density at radius 1 is 1.50 bits per heavy atom. The Kier molecular flexibility index (Phi) is 3.73. The first-order valence-electron chi connectivity index (χ1n) is 5.91. The van der Waals surface area contributed by atoms with Gasteiger partial charge in [0.05, 0.1) is 18.0 Å². The highest BCUT2D eigenvalue weighted by Crippen LogP contribution is 2.28. The predicted molar refractivity (Wildman–Crippen MR) is 69.5 cm³/mol. The zero-order valence-corrected chi connectivity index (χ0v) is 11.5. The van der Waals surface area contributed by atoms with E-state index >= 15 is 0 Å². The van der Waals surface area contributed by atoms with Crippen LogP contribution < -0.4 is 0 Å². The molecule has 1 atom stereocenters. The lowest BCUT2D eigenvalue weighted by Crippen LogP contribution is -2.03. The fraction of sp³-hybridized carbons (Fsp3) is 0.500. The van der Waals surface area contributed by atoms with Crippen LogP contribution in [0.2, 0.25) is 5.15 Å². The predicted octanol–water partition coefficient (Wildman–Crippen LogP) is 1.87. The van der Waals surface area contributed by atoms with Crippen molar-refractivity contribution in [1.29, 1.82) is 0 Å². The number of hydrogen-bond donors (Lipinski definition) is 1. The Balaban J connectivity index is 2.18. The summed E-state index contributed by atoms with van der Waals surface area (Å²) in [5.74, 6) is 0. The molecule has 0 amide bonds. The molecule has 1 N–H and O–H groups in total. The molecule has 0 aromatic carbocycles. The molecular weight excluding hydrogens is 252 g/mol. The van der Waals surface area contributed by atoms with Crippen molar-refractivity contribution in [3.8, 4) is 0 Å². The van der Waals surface area contributed by atoms with Crippen LogP contribution in [-0.2, 0) is 20.0 Å². The number of aryl methyl sites for hydroxylation is 3. The lowest BCUT2D eigenvalue weighted by molar-refractivity contribution is 0.177. The van der Waals surface area contributed by atoms with Crippen molar-refractivity contribution >= 4 is 11.6 Å². The Morgan fingerprint density at radius 2 is 2.22 bits per heavy atom. The molecule has 6 heteroatoms. The Hall–Kier alpha value is -1.33. The van der Waals surface area contributed by atoms with Gasteiger partial charge in [-0.15, -0.1) is 0 Å². The van der Waals surface area contributed by atoms with E-state index in [-0.39, 0.29) is 0 Å². The smallest absolute Gasteiger partial charge is 0.132 e. The SMILES string of the molecule is CCn1cc(CC(O)c2c(C)nn(C)c2Cl)cn1. The van der Waals surface area contributed by atoms with Crippen molar-refractivity contribution in [3.63, 3.8) is 0 Å². The van der Waals surface area contributed by atoms with Gasteiger partial charge in [-0.25, -0.2) is 0 Å². The first kappa shape index (κ1) is 13.1. The van der Waals surface area contributed by atoms with Crippen molar-refractivity contribution in [3.05, 3.63) is 34.4 Å². The van der Waals surface area contributed by atoms with Crippen LogP contribution in [0.1, 0.15) is 29.8 Å². The molecule has 0 spiro atoms. The normalized spacial score (nSPS) is 12.9. The molecule has 2 rings (SSSR count). The lowest BCUT2D eigenvalue weighted by atomic mass is 10.0. The standard InChI is InChI=1S/C12H17ClN4O/c1-4-17-7-9(6-14-17)5-10(18)11-8(2)15-16(3)12(11)13/h6-7,10,18H,4-5H2,1-3H3. The van der Waals surface area contributed by atoms with E-state index in [4.69, 9.17) is 11.6 Å². The number of aliphatic hydroxyl groups excluding tert-OH is 1. The van der Waals surface area contributed by atoms with Gasteiger partial charge in [0.15, 0.2) is 0 Å². The topological polar surface area (TPSA) is 55.9 Å². The van der Waals surface area contributed by atoms with Crippen LogP contribution in [0.15, 0.2) is 12.4 Å². The number of halogens is 1. The zero-order chi connectivity index (χ0) is 13.3. The van der Waals surface area contributed by atoms with Crippen molar-refractivity contribution in [1.82, 2.24) is 19.6 Å². The van der Waals surface area contributed by atoms with E-state index in [0.29, 0.717) is 17.1 Å². The van der Waals surface area contributed by atoms with Gasteiger partial charge >= 0.3 is 0 Å². The molecule has 98 valence electrons. The van der Waals surface area contributed by atoms with Crippen LogP contribution in [0.5, 0.6) is 0 Å². The summed E-state index contributed by atoms with van der Waals surface area (Å²) >= 11 is 6.13. The maximum atomic E-state index is 10.3. The summed E-state index contributed by atoms with van der Waals surface area (Å²) < 4.78 is 3.41. The van der Waals surface area contributed by atoms with Crippen LogP contribution in [0.3, 0.4) is 0 Å². The van der Waals surface area contributed by atoms with Gasteiger partial charge in [-0.3, -0.25) is 9.36 Å². The third-order valence-electron chi connectivity index (χ3n) is 2.97. The third kappa shape index (κ3) is 2.42. The highest BCUT2D eigenvalue weighted by atomic mass is 35.5. The molecule has 2 aromatic heterocycles. The molecule has 18 heavy (non-hydrogen) atoms. The Bertz CT molecular complexity index is 546. The molecule has 0 fully saturated rings. The van der Waals surface area contributed by atoms with Gasteiger partial charge in [0, 0.05) is 31.8 Å². The molecule has 1 unspecified atom stereocenters. The summed E-state index contributed by atoms with van der Waals surface area (Å²) in [5, 5.41) is 19.1. The second-order valence-corrected chi connectivity index (χ2v) is 4.70. The summed E-state index contributed by atoms with van der Waals surface area (Å²) in [6.07, 6.45) is 3.54. The van der Waals surface area contributed by atoms with Gasteiger partial charge in [0.25, 0.3) is 0 Å². The lowest BCUT2D eigenvalue weighted by Gasteiger charge is -2.09. The van der Waals surface area contributed by atoms with Crippen molar-refractivity contribution < 1.29 is 5.11 Å². The Labute approximate surface area is 111 Å². The van der Waals surface area contributed by atoms with E-state index < -0.39 is 6.10 Å². The molecule has 0 aliphatic carbocycles. The number of rotatable bonds is 4. The molecular formula is C12H17ClN4O. The number of hydrogen-bond acceptors (Lipinski definition) is 3. The highest BCUT2D eigenvalue weighted by molar-refractivity contribution is 6.30. The minimum absolute atomic E-state index is 0.489. The molecule has 0 saturated carbocycles. The molecule has 0 saturated heterocycles. The number of aliphatic hydroxyl groups is 1. The average Bonchev–Trinajstić information content (AvgIpc) is 2.85. The van der Waals surface area contributed by atoms with Crippen LogP contribution in [-0.4, -0.2) is 24.7 Å². The average molecular weight is 269 g/mol. The van der Waals surface area contributed by atoms with Gasteiger partial charge in [0.1, 0.15) is 5.15 Å². The first-order chi connectivity index (χ1) is 8.52. The van der Waals surface area contributed by atoms with Crippen LogP contribution in [0, 0.1) is 6.92 Å². The summed E-state index contributed by atoms with van der Waals surface area (Å²) in [6.45, 7) is 4.69. The fourth-order valence-corrected chi connectivity index (χ4v) is 2.34. The fourth-order valence-electron chi connectivity index (χ4n) is 2.04. The van der Waals surface area contributed by atoms with E-state index in [9.17, 15) is 5.11 Å². The molecule has 5 nitrogen and oxygen atoms in total. The van der Waals surface area contributed by atoms with Gasteiger partial charge < -0.3 is 5.11 Å². The quantitative estimate of drug-likeness (QED) is 0.921. The summed E-state index contributed by atoms with van der Waals surface area (Å²) in [4.78, 5) is 0. The molecule has 2 heterocycles. The van der Waals surface area contributed by atoms with E-state index in [0.717, 1.165) is 17.8 Å². The number of aromatic nitrogens is 4. The van der Waals surface area contributed by atoms with Crippen molar-refractivity contribution in [2.24, 2.45) is 7.05 Å². The highest BCUT2D eigenvalue weighted by Gasteiger charge is 2.20. The second-order valence-electron chi connectivity index (χ2n) is 4.34. The summed E-state index contributed by atoms with van der Waals surface area (Å²) in [5.41, 5.74) is 2.45. The number of nitrogens with zero attached hydrogens (tertiary/aromatic N) is 4. The van der Waals surface area contributed by atoms with Gasteiger partial charge in [-0.2, -0.15) is 10.2 Å². The third-order valence-corrected chi connectivity index (χ3v) is 3.42. The molecule has 0 radical (unpaired) electrons. The van der Waals surface area contributed by atoms with Crippen LogP contribution >= 0.6 is 11.6 Å². The molecule has 0 aliphatic heterocycles. The zero-order valence-electron chi connectivity index (χ0n) is 10.8. The molecule has 0 bridgehead atoms. The minimum Gasteiger partial charge on any atom is -0.388 e. The van der Waals surface area contributed by atoms with Crippen molar-refractivity contribution in [2.45, 2.75) is 32.9 Å². The van der Waals surface area contributed by atoms with E-state index in [1.165, 1.54) is 0 Å². The monoisotopic (exact) mass is 268 g/mol. The maximum Gasteiger partial charge on any atom is 0.132 e. The summed E-state index contributed by atoms with van der Waals surface area (Å²) in [6, 6.07) is 0. The van der Waals surface area contributed by atoms with Crippen LogP contribution in [0.25, 0.3) is 0 Å². The first-order valence-corrected chi connectivity index (χ1v) is 6.29. The minimum atomic E-state index is -0.652. The largest absolute Gasteiger partial charge is 0.388 e. The molecule has 2 aromatic rings. The van der Waals surface area contributed by atoms with E-state index in [2.05, 4.69) is 10.2 Å². The van der Waals surface area contributed by atoms with Gasteiger partial charge in [-0.1, -0.05) is 11.6 Å². The Morgan fingerprint density at radius 3 is 2.72 bits per heavy atom. The van der Waals surface area contributed by atoms with E-state index in [1.807, 2.05) is 24.7 Å². The van der Waals surface area contributed by atoms with Crippen LogP contribution in [0.4, 0.5) is 0 Å². The summed E-state index contributed by atoms with van der Waals surface area (Å²) in [7, 11) is 1.76. The van der Waals surface area contributed by atoms with Gasteiger partial charge in [-0.05, 0) is 19.4 Å². The molecule has 0 aliphatic rings. The van der Waals surface area contributed by atoms with E-state index in [1.54, 1.807) is 17.9 Å². The van der Waals surface area contributed by atoms with Gasteiger partial charge in [0.2, 0.25) is 0 Å². The second kappa shape index (κ2) is 5.12. The maximum absolute atomic E-state index is 10.3.